The van der Waals surface area contributed by atoms with E-state index in [1.165, 1.54) is 18.2 Å². The zero-order chi connectivity index (χ0) is 12.3. The molecule has 1 amide bonds. The van der Waals surface area contributed by atoms with E-state index in [1.54, 1.807) is 13.8 Å². The Labute approximate surface area is 93.9 Å². The molecule has 0 spiro atoms. The van der Waals surface area contributed by atoms with Crippen LogP contribution in [0.3, 0.4) is 0 Å². The lowest BCUT2D eigenvalue weighted by molar-refractivity contribution is 0.0929. The van der Waals surface area contributed by atoms with Crippen molar-refractivity contribution in [3.63, 3.8) is 0 Å². The minimum absolute atomic E-state index is 0.235. The minimum atomic E-state index is -0.759. The Morgan fingerprint density at radius 1 is 1.38 bits per heavy atom. The SMILES string of the molecule is C#CC(C)(C)NC(=O)c1ccc(O)c(O)c1. The first-order valence-electron chi connectivity index (χ1n) is 4.68. The summed E-state index contributed by atoms with van der Waals surface area (Å²) in [6.07, 6.45) is 5.23. The fourth-order valence-electron chi connectivity index (χ4n) is 1.06. The van der Waals surface area contributed by atoms with E-state index in [2.05, 4.69) is 11.2 Å². The van der Waals surface area contributed by atoms with E-state index in [1.807, 2.05) is 0 Å². The van der Waals surface area contributed by atoms with E-state index in [9.17, 15) is 9.90 Å². The van der Waals surface area contributed by atoms with Crippen molar-refractivity contribution >= 4 is 5.91 Å². The predicted octanol–water partition coefficient (Wildman–Crippen LogP) is 1.24. The van der Waals surface area contributed by atoms with Crippen molar-refractivity contribution in [2.75, 3.05) is 0 Å². The maximum Gasteiger partial charge on any atom is 0.252 e. The monoisotopic (exact) mass is 219 g/mol. The minimum Gasteiger partial charge on any atom is -0.504 e. The Morgan fingerprint density at radius 3 is 2.50 bits per heavy atom. The quantitative estimate of drug-likeness (QED) is 0.517. The number of carbonyl (C=O) groups excluding carboxylic acids is 1. The van der Waals surface area contributed by atoms with E-state index in [4.69, 9.17) is 11.5 Å². The van der Waals surface area contributed by atoms with Gasteiger partial charge in [-0.05, 0) is 32.0 Å². The third kappa shape index (κ3) is 2.67. The maximum absolute atomic E-state index is 11.7. The highest BCUT2D eigenvalue weighted by molar-refractivity contribution is 5.95. The normalized spacial score (nSPS) is 10.6. The van der Waals surface area contributed by atoms with Crippen LogP contribution in [-0.4, -0.2) is 21.7 Å². The fourth-order valence-corrected chi connectivity index (χ4v) is 1.06. The van der Waals surface area contributed by atoms with Crippen LogP contribution in [-0.2, 0) is 0 Å². The predicted molar refractivity (Wildman–Crippen MR) is 60.1 cm³/mol. The van der Waals surface area contributed by atoms with Crippen molar-refractivity contribution in [2.24, 2.45) is 0 Å². The molecule has 0 saturated heterocycles. The third-order valence-electron chi connectivity index (χ3n) is 2.02. The number of rotatable bonds is 2. The molecule has 16 heavy (non-hydrogen) atoms. The summed E-state index contributed by atoms with van der Waals surface area (Å²) in [5.41, 5.74) is -0.524. The Bertz CT molecular complexity index is 458. The molecule has 0 heterocycles. The molecule has 0 radical (unpaired) electrons. The average molecular weight is 219 g/mol. The van der Waals surface area contributed by atoms with Gasteiger partial charge in [0, 0.05) is 5.56 Å². The number of phenolic OH excluding ortho intramolecular Hbond substituents is 2. The topological polar surface area (TPSA) is 69.6 Å². The first-order valence-corrected chi connectivity index (χ1v) is 4.68. The summed E-state index contributed by atoms with van der Waals surface area (Å²) in [6, 6.07) is 3.82. The van der Waals surface area contributed by atoms with Crippen LogP contribution < -0.4 is 5.32 Å². The first kappa shape index (κ1) is 11.9. The highest BCUT2D eigenvalue weighted by Crippen LogP contribution is 2.24. The number of amides is 1. The third-order valence-corrected chi connectivity index (χ3v) is 2.02. The van der Waals surface area contributed by atoms with Gasteiger partial charge >= 0.3 is 0 Å². The van der Waals surface area contributed by atoms with Crippen LogP contribution in [0.5, 0.6) is 11.5 Å². The number of carbonyl (C=O) groups is 1. The Hall–Kier alpha value is -2.15. The van der Waals surface area contributed by atoms with Gasteiger partial charge in [-0.2, -0.15) is 0 Å². The number of terminal acetylenes is 1. The van der Waals surface area contributed by atoms with Gasteiger partial charge in [0.15, 0.2) is 11.5 Å². The Balaban J connectivity index is 2.91. The number of phenols is 2. The van der Waals surface area contributed by atoms with E-state index in [-0.39, 0.29) is 17.1 Å². The lowest BCUT2D eigenvalue weighted by Crippen LogP contribution is -2.42. The van der Waals surface area contributed by atoms with Gasteiger partial charge in [0.25, 0.3) is 5.91 Å². The summed E-state index contributed by atoms with van der Waals surface area (Å²) in [6.45, 7) is 3.37. The van der Waals surface area contributed by atoms with Crippen molar-refractivity contribution in [1.82, 2.24) is 5.32 Å². The van der Waals surface area contributed by atoms with Crippen LogP contribution in [0.2, 0.25) is 0 Å². The molecule has 0 aliphatic carbocycles. The molecule has 0 aliphatic heterocycles. The van der Waals surface area contributed by atoms with Gasteiger partial charge in [-0.3, -0.25) is 4.79 Å². The van der Waals surface area contributed by atoms with Crippen LogP contribution in [0.25, 0.3) is 0 Å². The molecule has 0 aliphatic rings. The lowest BCUT2D eigenvalue weighted by Gasteiger charge is -2.19. The number of nitrogens with one attached hydrogen (secondary N) is 1. The van der Waals surface area contributed by atoms with Crippen molar-refractivity contribution in [3.05, 3.63) is 23.8 Å². The van der Waals surface area contributed by atoms with Crippen molar-refractivity contribution < 1.29 is 15.0 Å². The standard InChI is InChI=1S/C12H13NO3/c1-4-12(2,3)13-11(16)8-5-6-9(14)10(15)7-8/h1,5-7,14-15H,2-3H3,(H,13,16). The largest absolute Gasteiger partial charge is 0.504 e. The zero-order valence-electron chi connectivity index (χ0n) is 9.11. The van der Waals surface area contributed by atoms with Gasteiger partial charge in [0.05, 0.1) is 5.54 Å². The molecule has 1 aromatic carbocycles. The van der Waals surface area contributed by atoms with Crippen LogP contribution in [0, 0.1) is 12.3 Å². The second kappa shape index (κ2) is 4.15. The molecule has 0 bridgehead atoms. The van der Waals surface area contributed by atoms with Crippen LogP contribution in [0.1, 0.15) is 24.2 Å². The van der Waals surface area contributed by atoms with Crippen molar-refractivity contribution in [2.45, 2.75) is 19.4 Å². The van der Waals surface area contributed by atoms with Gasteiger partial charge in [0.2, 0.25) is 0 Å². The molecule has 4 nitrogen and oxygen atoms in total. The van der Waals surface area contributed by atoms with Crippen LogP contribution >= 0.6 is 0 Å². The first-order chi connectivity index (χ1) is 7.35. The van der Waals surface area contributed by atoms with Crippen LogP contribution in [0.4, 0.5) is 0 Å². The molecule has 0 atom stereocenters. The van der Waals surface area contributed by atoms with Crippen molar-refractivity contribution in [3.8, 4) is 23.8 Å². The fraction of sp³-hybridized carbons (Fsp3) is 0.250. The highest BCUT2D eigenvalue weighted by atomic mass is 16.3. The number of aromatic hydroxyl groups is 2. The van der Waals surface area contributed by atoms with E-state index >= 15 is 0 Å². The van der Waals surface area contributed by atoms with E-state index in [0.29, 0.717) is 0 Å². The number of hydrogen-bond donors (Lipinski definition) is 3. The molecule has 0 unspecified atom stereocenters. The van der Waals surface area contributed by atoms with E-state index < -0.39 is 11.4 Å². The number of benzene rings is 1. The molecule has 84 valence electrons. The van der Waals surface area contributed by atoms with Gasteiger partial charge in [-0.1, -0.05) is 5.92 Å². The lowest BCUT2D eigenvalue weighted by atomic mass is 10.1. The summed E-state index contributed by atoms with van der Waals surface area (Å²) in [7, 11) is 0. The van der Waals surface area contributed by atoms with Crippen LogP contribution in [0.15, 0.2) is 18.2 Å². The summed E-state index contributed by atoms with van der Waals surface area (Å²) in [4.78, 5) is 11.7. The molecule has 0 saturated carbocycles. The maximum atomic E-state index is 11.7. The summed E-state index contributed by atoms with van der Waals surface area (Å²) >= 11 is 0. The molecule has 4 heteroatoms. The molecule has 0 fully saturated rings. The van der Waals surface area contributed by atoms with Crippen molar-refractivity contribution in [1.29, 1.82) is 0 Å². The molecule has 3 N–H and O–H groups in total. The number of hydrogen-bond acceptors (Lipinski definition) is 3. The Morgan fingerprint density at radius 2 is 2.00 bits per heavy atom. The second-order valence-electron chi connectivity index (χ2n) is 3.93. The summed E-state index contributed by atoms with van der Waals surface area (Å²) < 4.78 is 0. The molecule has 0 aromatic heterocycles. The summed E-state index contributed by atoms with van der Waals surface area (Å²) in [5.74, 6) is 1.41. The zero-order valence-corrected chi connectivity index (χ0v) is 9.11. The van der Waals surface area contributed by atoms with Gasteiger partial charge in [-0.25, -0.2) is 0 Å². The molecule has 1 aromatic rings. The second-order valence-corrected chi connectivity index (χ2v) is 3.93. The summed E-state index contributed by atoms with van der Waals surface area (Å²) in [5, 5.41) is 20.9. The highest BCUT2D eigenvalue weighted by Gasteiger charge is 2.18. The Kier molecular flexibility index (Phi) is 3.09. The van der Waals surface area contributed by atoms with E-state index in [0.717, 1.165) is 0 Å². The molecule has 1 rings (SSSR count). The van der Waals surface area contributed by atoms with Gasteiger partial charge in [0.1, 0.15) is 0 Å². The molecular formula is C12H13NO3. The van der Waals surface area contributed by atoms with Gasteiger partial charge in [-0.15, -0.1) is 6.42 Å². The average Bonchev–Trinajstić information content (AvgIpc) is 2.21. The van der Waals surface area contributed by atoms with Gasteiger partial charge < -0.3 is 15.5 Å². The smallest absolute Gasteiger partial charge is 0.252 e. The molecular weight excluding hydrogens is 206 g/mol.